The highest BCUT2D eigenvalue weighted by atomic mass is 35.5. The second-order valence-corrected chi connectivity index (χ2v) is 11.1. The zero-order valence-corrected chi connectivity index (χ0v) is 22.0. The molecule has 2 aromatic heterocycles. The highest BCUT2D eigenvalue weighted by molar-refractivity contribution is 8.00. The van der Waals surface area contributed by atoms with Gasteiger partial charge in [-0.05, 0) is 35.4 Å². The van der Waals surface area contributed by atoms with Crippen molar-refractivity contribution in [3.63, 3.8) is 0 Å². The molecule has 1 N–H and O–H groups in total. The van der Waals surface area contributed by atoms with Crippen molar-refractivity contribution in [3.05, 3.63) is 118 Å². The van der Waals surface area contributed by atoms with Gasteiger partial charge in [0.15, 0.2) is 15.9 Å². The molecular formula is C28H18ClN3O4S2. The Morgan fingerprint density at radius 1 is 1.03 bits per heavy atom. The first-order valence-electron chi connectivity index (χ1n) is 11.6. The number of benzene rings is 3. The van der Waals surface area contributed by atoms with E-state index in [9.17, 15) is 14.7 Å². The van der Waals surface area contributed by atoms with Crippen LogP contribution in [0.25, 0.3) is 11.0 Å². The van der Waals surface area contributed by atoms with Gasteiger partial charge < -0.3 is 9.52 Å². The molecule has 1 aliphatic rings. The number of Topliss-reactive ketones (excluding diaryl/α,β-unsaturated/α-hetero) is 1. The number of aliphatic hydroxyl groups is 1. The maximum atomic E-state index is 13.7. The summed E-state index contributed by atoms with van der Waals surface area (Å²) in [5.74, 6) is -1.23. The Kier molecular flexibility index (Phi) is 6.49. The molecule has 7 nitrogen and oxygen atoms in total. The monoisotopic (exact) mass is 559 g/mol. The summed E-state index contributed by atoms with van der Waals surface area (Å²) in [6.45, 7) is 0. The lowest BCUT2D eigenvalue weighted by molar-refractivity contribution is -0.117. The lowest BCUT2D eigenvalue weighted by Crippen LogP contribution is -2.31. The van der Waals surface area contributed by atoms with E-state index in [1.54, 1.807) is 24.3 Å². The molecule has 0 spiro atoms. The Morgan fingerprint density at radius 2 is 1.76 bits per heavy atom. The Morgan fingerprint density at radius 3 is 2.53 bits per heavy atom. The number of anilines is 1. The number of amides is 1. The van der Waals surface area contributed by atoms with Gasteiger partial charge >= 0.3 is 0 Å². The van der Waals surface area contributed by atoms with Crippen molar-refractivity contribution in [1.29, 1.82) is 0 Å². The number of hydrogen-bond acceptors (Lipinski definition) is 8. The third-order valence-electron chi connectivity index (χ3n) is 6.09. The zero-order valence-electron chi connectivity index (χ0n) is 19.6. The van der Waals surface area contributed by atoms with Gasteiger partial charge in [0.1, 0.15) is 5.58 Å². The summed E-state index contributed by atoms with van der Waals surface area (Å²) >= 11 is 8.66. The van der Waals surface area contributed by atoms with Crippen LogP contribution >= 0.6 is 34.7 Å². The highest BCUT2D eigenvalue weighted by Gasteiger charge is 2.46. The van der Waals surface area contributed by atoms with Gasteiger partial charge in [-0.1, -0.05) is 95.4 Å². The van der Waals surface area contributed by atoms with Crippen LogP contribution in [0.4, 0.5) is 5.13 Å². The van der Waals surface area contributed by atoms with E-state index >= 15 is 0 Å². The normalized spacial score (nSPS) is 15.6. The van der Waals surface area contributed by atoms with Crippen LogP contribution in [0, 0.1) is 0 Å². The van der Waals surface area contributed by atoms with Crippen molar-refractivity contribution in [2.24, 2.45) is 0 Å². The second kappa shape index (κ2) is 10.1. The summed E-state index contributed by atoms with van der Waals surface area (Å²) in [5.41, 5.74) is 2.19. The number of aliphatic hydroxyl groups excluding tert-OH is 1. The van der Waals surface area contributed by atoms with E-state index in [0.29, 0.717) is 26.3 Å². The first-order valence-corrected chi connectivity index (χ1v) is 13.7. The predicted octanol–water partition coefficient (Wildman–Crippen LogP) is 7.01. The standard InChI is InChI=1S/C28H18ClN3O4S2/c29-19-12-10-16(11-13-19)15-37-28-31-30-27(38-28)32-23(17-6-2-1-3-7-17)22(25(34)26(32)35)24(33)21-14-18-8-4-5-9-20(18)36-21/h1-14,23,34H,15H2/t23-/m1/s1. The summed E-state index contributed by atoms with van der Waals surface area (Å²) in [4.78, 5) is 28.4. The van der Waals surface area contributed by atoms with Crippen LogP contribution in [-0.2, 0) is 10.5 Å². The van der Waals surface area contributed by atoms with Gasteiger partial charge in [-0.15, -0.1) is 10.2 Å². The number of nitrogens with zero attached hydrogens (tertiary/aromatic N) is 3. The third-order valence-corrected chi connectivity index (χ3v) is 8.47. The lowest BCUT2D eigenvalue weighted by atomic mass is 9.95. The van der Waals surface area contributed by atoms with Crippen LogP contribution in [0.3, 0.4) is 0 Å². The minimum absolute atomic E-state index is 0.0415. The van der Waals surface area contributed by atoms with E-state index in [1.165, 1.54) is 28.0 Å². The van der Waals surface area contributed by atoms with E-state index in [0.717, 1.165) is 10.9 Å². The molecule has 1 aliphatic heterocycles. The molecule has 0 saturated carbocycles. The molecule has 0 saturated heterocycles. The van der Waals surface area contributed by atoms with Crippen molar-refractivity contribution >= 4 is 62.5 Å². The number of aromatic nitrogens is 2. The molecular weight excluding hydrogens is 542 g/mol. The topological polar surface area (TPSA) is 96.5 Å². The molecule has 0 fully saturated rings. The number of ketones is 1. The van der Waals surface area contributed by atoms with Crippen LogP contribution in [0.15, 0.2) is 105 Å². The van der Waals surface area contributed by atoms with E-state index in [4.69, 9.17) is 16.0 Å². The minimum atomic E-state index is -0.897. The Labute approximate surface area is 230 Å². The number of thioether (sulfide) groups is 1. The summed E-state index contributed by atoms with van der Waals surface area (Å²) in [5, 5.41) is 21.2. The highest BCUT2D eigenvalue weighted by Crippen LogP contribution is 2.44. The number of carbonyl (C=O) groups is 2. The predicted molar refractivity (Wildman–Crippen MR) is 148 cm³/mol. The summed E-state index contributed by atoms with van der Waals surface area (Å²) in [7, 11) is 0. The smallest absolute Gasteiger partial charge is 0.296 e. The van der Waals surface area contributed by atoms with Crippen molar-refractivity contribution in [1.82, 2.24) is 10.2 Å². The maximum Gasteiger partial charge on any atom is 0.296 e. The molecule has 5 aromatic rings. The molecule has 3 heterocycles. The molecule has 38 heavy (non-hydrogen) atoms. The number of para-hydroxylation sites is 1. The Hall–Kier alpha value is -3.92. The first kappa shape index (κ1) is 24.4. The quantitative estimate of drug-likeness (QED) is 0.130. The summed E-state index contributed by atoms with van der Waals surface area (Å²) < 4.78 is 6.42. The molecule has 1 atom stereocenters. The number of furan rings is 1. The molecule has 0 bridgehead atoms. The average molecular weight is 560 g/mol. The number of hydrogen-bond donors (Lipinski definition) is 1. The molecule has 0 aliphatic carbocycles. The van der Waals surface area contributed by atoms with Crippen LogP contribution in [0.2, 0.25) is 5.02 Å². The number of carbonyl (C=O) groups excluding carboxylic acids is 2. The van der Waals surface area contributed by atoms with Gasteiger partial charge in [-0.3, -0.25) is 14.5 Å². The molecule has 0 radical (unpaired) electrons. The van der Waals surface area contributed by atoms with Crippen molar-refractivity contribution in [3.8, 4) is 0 Å². The van der Waals surface area contributed by atoms with Gasteiger partial charge in [-0.2, -0.15) is 0 Å². The Bertz CT molecular complexity index is 1660. The van der Waals surface area contributed by atoms with Crippen molar-refractivity contribution in [2.75, 3.05) is 4.90 Å². The maximum absolute atomic E-state index is 13.7. The first-order chi connectivity index (χ1) is 18.5. The minimum Gasteiger partial charge on any atom is -0.503 e. The lowest BCUT2D eigenvalue weighted by Gasteiger charge is -2.23. The molecule has 3 aromatic carbocycles. The van der Waals surface area contributed by atoms with E-state index < -0.39 is 23.5 Å². The van der Waals surface area contributed by atoms with Gasteiger partial charge in [0.2, 0.25) is 10.9 Å². The Balaban J connectivity index is 1.34. The van der Waals surface area contributed by atoms with Crippen molar-refractivity contribution in [2.45, 2.75) is 16.1 Å². The average Bonchev–Trinajstić information content (AvgIpc) is 3.65. The van der Waals surface area contributed by atoms with E-state index in [2.05, 4.69) is 10.2 Å². The van der Waals surface area contributed by atoms with Gasteiger partial charge in [0.25, 0.3) is 5.91 Å². The van der Waals surface area contributed by atoms with E-state index in [-0.39, 0.29) is 16.5 Å². The number of rotatable bonds is 7. The van der Waals surface area contributed by atoms with Gasteiger partial charge in [-0.25, -0.2) is 0 Å². The zero-order chi connectivity index (χ0) is 26.2. The summed E-state index contributed by atoms with van der Waals surface area (Å²) in [6.07, 6.45) is 0. The summed E-state index contributed by atoms with van der Waals surface area (Å²) in [6, 6.07) is 24.5. The molecule has 188 valence electrons. The van der Waals surface area contributed by atoms with Gasteiger partial charge in [0, 0.05) is 16.2 Å². The van der Waals surface area contributed by atoms with Crippen LogP contribution < -0.4 is 4.90 Å². The van der Waals surface area contributed by atoms with Crippen LogP contribution in [0.5, 0.6) is 0 Å². The van der Waals surface area contributed by atoms with E-state index in [1.807, 2.05) is 60.7 Å². The van der Waals surface area contributed by atoms with Crippen molar-refractivity contribution < 1.29 is 19.1 Å². The number of fused-ring (bicyclic) bond motifs is 1. The second-order valence-electron chi connectivity index (χ2n) is 8.49. The molecule has 0 unspecified atom stereocenters. The van der Waals surface area contributed by atoms with Gasteiger partial charge in [0.05, 0.1) is 11.6 Å². The molecule has 6 rings (SSSR count). The number of halogens is 1. The van der Waals surface area contributed by atoms with Crippen LogP contribution in [0.1, 0.15) is 27.7 Å². The largest absolute Gasteiger partial charge is 0.503 e. The fourth-order valence-corrected chi connectivity index (χ4v) is 6.25. The fourth-order valence-electron chi connectivity index (χ4n) is 4.30. The third kappa shape index (κ3) is 4.49. The fraction of sp³-hybridized carbons (Fsp3) is 0.0714. The molecule has 10 heteroatoms. The van der Waals surface area contributed by atoms with Crippen LogP contribution in [-0.4, -0.2) is 27.0 Å². The molecule has 1 amide bonds. The SMILES string of the molecule is O=C(C1=C(O)C(=O)N(c2nnc(SCc3ccc(Cl)cc3)s2)[C@@H]1c1ccccc1)c1cc2ccccc2o1.